The number of likely N-dealkylation sites (tertiary alicyclic amines) is 1. The van der Waals surface area contributed by atoms with Crippen molar-refractivity contribution in [2.75, 3.05) is 61.3 Å². The van der Waals surface area contributed by atoms with E-state index in [0.717, 1.165) is 12.1 Å². The van der Waals surface area contributed by atoms with Crippen LogP contribution in [-0.2, 0) is 34.3 Å². The molecule has 5 aliphatic heterocycles. The van der Waals surface area contributed by atoms with Gasteiger partial charge in [0.1, 0.15) is 5.54 Å². The van der Waals surface area contributed by atoms with Crippen molar-refractivity contribution in [2.45, 2.75) is 100 Å². The molecule has 5 heterocycles. The third kappa shape index (κ3) is 6.42. The van der Waals surface area contributed by atoms with Crippen LogP contribution in [0.25, 0.3) is 0 Å². The molecule has 0 aromatic heterocycles. The lowest BCUT2D eigenvalue weighted by molar-refractivity contribution is -0.150. The number of para-hydroxylation sites is 1. The number of ether oxygens (including phenoxy) is 2. The first-order valence-corrected chi connectivity index (χ1v) is 22.5. The topological polar surface area (TPSA) is 132 Å². The molecule has 2 N–H and O–H groups in total. The van der Waals surface area contributed by atoms with Crippen molar-refractivity contribution in [3.8, 4) is 0 Å². The van der Waals surface area contributed by atoms with Gasteiger partial charge in [-0.2, -0.15) is 0 Å². The highest BCUT2D eigenvalue weighted by atomic mass is 28.4. The number of halogens is 1. The number of hydrogen-bond donors (Lipinski definition) is 2. The van der Waals surface area contributed by atoms with Crippen molar-refractivity contribution >= 4 is 49.2 Å². The van der Waals surface area contributed by atoms with Gasteiger partial charge in [0.25, 0.3) is 11.8 Å². The Hall–Kier alpha value is -3.85. The summed E-state index contributed by atoms with van der Waals surface area (Å²) < 4.78 is 28.4. The minimum Gasteiger partial charge on any atom is -0.469 e. The molecule has 4 saturated heterocycles. The molecule has 2 aromatic carbocycles. The van der Waals surface area contributed by atoms with E-state index in [2.05, 4.69) is 10.2 Å². The van der Waals surface area contributed by atoms with Crippen molar-refractivity contribution in [1.29, 1.82) is 0 Å². The summed E-state index contributed by atoms with van der Waals surface area (Å²) in [6.07, 6.45) is 3.06. The van der Waals surface area contributed by atoms with Crippen molar-refractivity contribution in [2.24, 2.45) is 5.92 Å². The number of carbonyl (C=O) groups is 4. The van der Waals surface area contributed by atoms with Gasteiger partial charge in [0.05, 0.1) is 44.6 Å². The number of amides is 3. The minimum absolute atomic E-state index is 0.00562. The van der Waals surface area contributed by atoms with Crippen LogP contribution in [0.15, 0.2) is 48.5 Å². The SMILES string of the molecule is COC(=O)CCCCN1C(=O)[C@@]2(O[C@@H](CC(=O)N3CCC[C@H]3CO)[C@H]([Si](C)(C)F)[C@H]2C)c2cc(N3CN(c4ccccc4)C4(CCNCC4)C3=O)ccc21. The molecule has 2 spiro atoms. The van der Waals surface area contributed by atoms with Crippen molar-refractivity contribution in [1.82, 2.24) is 10.2 Å². The first-order valence-electron chi connectivity index (χ1n) is 19.5. The number of anilines is 3. The summed E-state index contributed by atoms with van der Waals surface area (Å²) in [4.78, 5) is 62.7. The number of hydrogen-bond acceptors (Lipinski definition) is 9. The van der Waals surface area contributed by atoms with Gasteiger partial charge in [0.15, 0.2) is 5.60 Å². The Morgan fingerprint density at radius 3 is 2.48 bits per heavy atom. The van der Waals surface area contributed by atoms with Crippen molar-refractivity contribution < 1.29 is 37.9 Å². The van der Waals surface area contributed by atoms with E-state index in [1.54, 1.807) is 27.8 Å². The predicted molar refractivity (Wildman–Crippen MR) is 205 cm³/mol. The van der Waals surface area contributed by atoms with E-state index in [0.29, 0.717) is 81.9 Å². The van der Waals surface area contributed by atoms with Crippen LogP contribution in [0.1, 0.15) is 63.9 Å². The highest BCUT2D eigenvalue weighted by Crippen LogP contribution is 2.61. The highest BCUT2D eigenvalue weighted by Gasteiger charge is 2.67. The Bertz CT molecular complexity index is 1750. The summed E-state index contributed by atoms with van der Waals surface area (Å²) in [6, 6.07) is 15.3. The fourth-order valence-electron chi connectivity index (χ4n) is 10.1. The zero-order chi connectivity index (χ0) is 38.4. The Labute approximate surface area is 318 Å². The van der Waals surface area contributed by atoms with E-state index in [4.69, 9.17) is 9.47 Å². The summed E-state index contributed by atoms with van der Waals surface area (Å²) in [5.74, 6) is -1.48. The van der Waals surface area contributed by atoms with Crippen LogP contribution in [0.3, 0.4) is 0 Å². The molecule has 5 atom stereocenters. The Kier molecular flexibility index (Phi) is 10.7. The van der Waals surface area contributed by atoms with Crippen LogP contribution in [0.4, 0.5) is 21.2 Å². The molecular weight excluding hydrogens is 710 g/mol. The van der Waals surface area contributed by atoms with E-state index in [-0.39, 0.29) is 49.2 Å². The zero-order valence-corrected chi connectivity index (χ0v) is 32.9. The molecule has 292 valence electrons. The molecule has 0 bridgehead atoms. The number of nitrogens with one attached hydrogen (secondary N) is 1. The number of piperidine rings is 1. The van der Waals surface area contributed by atoms with Crippen LogP contribution >= 0.6 is 0 Å². The largest absolute Gasteiger partial charge is 0.469 e. The van der Waals surface area contributed by atoms with E-state index in [9.17, 15) is 24.3 Å². The molecule has 7 rings (SSSR count). The molecule has 0 unspecified atom stereocenters. The molecular formula is C40H54FN5O7Si. The van der Waals surface area contributed by atoms with Crippen LogP contribution in [0.5, 0.6) is 0 Å². The molecule has 3 amide bonds. The zero-order valence-electron chi connectivity index (χ0n) is 31.9. The van der Waals surface area contributed by atoms with Crippen molar-refractivity contribution in [3.05, 3.63) is 54.1 Å². The summed E-state index contributed by atoms with van der Waals surface area (Å²) in [5.41, 5.74) is -0.220. The lowest BCUT2D eigenvalue weighted by Crippen LogP contribution is -2.55. The van der Waals surface area contributed by atoms with E-state index < -0.39 is 37.1 Å². The van der Waals surface area contributed by atoms with E-state index in [1.807, 2.05) is 55.5 Å². The fourth-order valence-corrected chi connectivity index (χ4v) is 12.6. The standard InChI is InChI=1S/C40H54FN5O7Si/c1-27-36(54(3,4)41)33(24-34(48)43-22-10-13-30(43)25-47)53-40(27)31-23-29(15-16-32(31)44(38(40)51)21-9-8-14-35(49)52-2)45-26-46(28-11-6-5-7-12-28)39(37(45)50)17-19-42-20-18-39/h5-7,11-12,15-16,23,27,30,33,36,42,47H,8-10,13-14,17-22,24-26H2,1-4H3/t27-,30+,33+,36-,40+/m1/s1. The van der Waals surface area contributed by atoms with Crippen LogP contribution in [0.2, 0.25) is 18.6 Å². The Balaban J connectivity index is 1.28. The number of nitrogens with zero attached hydrogens (tertiary/aromatic N) is 4. The van der Waals surface area contributed by atoms with Gasteiger partial charge < -0.3 is 38.7 Å². The maximum atomic E-state index is 16.6. The molecule has 0 aliphatic carbocycles. The molecule has 14 heteroatoms. The number of unbranched alkanes of at least 4 members (excludes halogenated alkanes) is 1. The number of esters is 1. The van der Waals surface area contributed by atoms with Gasteiger partial charge in [-0.05, 0) is 95.0 Å². The fraction of sp³-hybridized carbons (Fsp3) is 0.600. The summed E-state index contributed by atoms with van der Waals surface area (Å²) >= 11 is 0. The molecule has 54 heavy (non-hydrogen) atoms. The van der Waals surface area contributed by atoms with Gasteiger partial charge in [-0.1, -0.05) is 25.1 Å². The van der Waals surface area contributed by atoms with Crippen LogP contribution in [-0.4, -0.2) is 106 Å². The maximum Gasteiger partial charge on any atom is 0.305 e. The van der Waals surface area contributed by atoms with Crippen LogP contribution in [0, 0.1) is 5.92 Å². The monoisotopic (exact) mass is 763 g/mol. The van der Waals surface area contributed by atoms with Crippen LogP contribution < -0.4 is 20.0 Å². The third-order valence-electron chi connectivity index (χ3n) is 12.7. The first kappa shape index (κ1) is 38.4. The van der Waals surface area contributed by atoms with Gasteiger partial charge in [0, 0.05) is 47.9 Å². The first-order chi connectivity index (χ1) is 25.9. The molecule has 5 aliphatic rings. The quantitative estimate of drug-likeness (QED) is 0.148. The third-order valence-corrected chi connectivity index (χ3v) is 15.2. The number of methoxy groups -OCH3 is 1. The van der Waals surface area contributed by atoms with Gasteiger partial charge in [0.2, 0.25) is 14.3 Å². The average molecular weight is 764 g/mol. The number of aliphatic hydroxyl groups excluding tert-OH is 1. The smallest absolute Gasteiger partial charge is 0.305 e. The number of fused-ring (bicyclic) bond motifs is 2. The normalized spacial score (nSPS) is 27.8. The average Bonchev–Trinajstić information content (AvgIpc) is 3.89. The van der Waals surface area contributed by atoms with Gasteiger partial charge in [-0.15, -0.1) is 0 Å². The number of rotatable bonds is 11. The molecule has 4 fully saturated rings. The van der Waals surface area contributed by atoms with E-state index in [1.165, 1.54) is 7.11 Å². The molecule has 0 radical (unpaired) electrons. The maximum absolute atomic E-state index is 16.6. The summed E-state index contributed by atoms with van der Waals surface area (Å²) in [6.45, 7) is 7.52. The summed E-state index contributed by atoms with van der Waals surface area (Å²) in [5, 5.41) is 13.4. The van der Waals surface area contributed by atoms with Gasteiger partial charge in [-0.3, -0.25) is 24.1 Å². The second kappa shape index (κ2) is 15.0. The second-order valence-corrected chi connectivity index (χ2v) is 19.9. The highest BCUT2D eigenvalue weighted by molar-refractivity contribution is 6.72. The second-order valence-electron chi connectivity index (χ2n) is 16.2. The molecule has 2 aromatic rings. The van der Waals surface area contributed by atoms with Gasteiger partial charge >= 0.3 is 5.97 Å². The number of carbonyl (C=O) groups excluding carboxylic acids is 4. The van der Waals surface area contributed by atoms with E-state index >= 15 is 4.11 Å². The predicted octanol–water partition coefficient (Wildman–Crippen LogP) is 4.46. The number of aliphatic hydroxyl groups is 1. The summed E-state index contributed by atoms with van der Waals surface area (Å²) in [7, 11) is -2.22. The molecule has 0 saturated carbocycles. The number of benzene rings is 2. The minimum atomic E-state index is -3.56. The Morgan fingerprint density at radius 2 is 1.80 bits per heavy atom. The Morgan fingerprint density at radius 1 is 1.06 bits per heavy atom. The molecule has 12 nitrogen and oxygen atoms in total. The lowest BCUT2D eigenvalue weighted by atomic mass is 9.82. The van der Waals surface area contributed by atoms with Gasteiger partial charge in [-0.25, -0.2) is 0 Å². The van der Waals surface area contributed by atoms with Crippen molar-refractivity contribution in [3.63, 3.8) is 0 Å². The lowest BCUT2D eigenvalue weighted by Gasteiger charge is -2.39.